The van der Waals surface area contributed by atoms with Crippen molar-refractivity contribution in [2.45, 2.75) is 6.54 Å². The Labute approximate surface area is 124 Å². The van der Waals surface area contributed by atoms with Crippen molar-refractivity contribution in [2.24, 2.45) is 0 Å². The number of rotatable bonds is 4. The largest absolute Gasteiger partial charge is 0.382 e. The standard InChI is InChI=1S/C13H14F2N4OS/c1-19(2)13-18-11(16)10(21-13)12(20)17-6-7-3-4-8(14)9(15)5-7/h3-5H,6,16H2,1-2H3,(H,17,20). The minimum absolute atomic E-state index is 0.0741. The number of anilines is 2. The van der Waals surface area contributed by atoms with E-state index in [2.05, 4.69) is 10.3 Å². The summed E-state index contributed by atoms with van der Waals surface area (Å²) >= 11 is 1.16. The number of halogens is 2. The second-order valence-corrected chi connectivity index (χ2v) is 5.51. The summed E-state index contributed by atoms with van der Waals surface area (Å²) in [4.78, 5) is 18.1. The van der Waals surface area contributed by atoms with Gasteiger partial charge in [0.15, 0.2) is 16.8 Å². The smallest absolute Gasteiger partial charge is 0.265 e. The Morgan fingerprint density at radius 3 is 2.67 bits per heavy atom. The van der Waals surface area contributed by atoms with E-state index in [1.807, 2.05) is 0 Å². The number of nitrogens with one attached hydrogen (secondary N) is 1. The highest BCUT2D eigenvalue weighted by molar-refractivity contribution is 7.18. The number of carbonyl (C=O) groups excluding carboxylic acids is 1. The third-order valence-electron chi connectivity index (χ3n) is 2.67. The molecule has 5 nitrogen and oxygen atoms in total. The van der Waals surface area contributed by atoms with E-state index in [-0.39, 0.29) is 12.4 Å². The maximum Gasteiger partial charge on any atom is 0.265 e. The van der Waals surface area contributed by atoms with E-state index < -0.39 is 17.5 Å². The van der Waals surface area contributed by atoms with Crippen LogP contribution in [-0.4, -0.2) is 25.0 Å². The van der Waals surface area contributed by atoms with Crippen LogP contribution in [0.5, 0.6) is 0 Å². The Hall–Kier alpha value is -2.22. The lowest BCUT2D eigenvalue weighted by Crippen LogP contribution is -2.22. The zero-order valence-electron chi connectivity index (χ0n) is 11.5. The molecule has 0 aliphatic carbocycles. The van der Waals surface area contributed by atoms with Gasteiger partial charge in [-0.2, -0.15) is 0 Å². The topological polar surface area (TPSA) is 71.2 Å². The van der Waals surface area contributed by atoms with E-state index in [0.717, 1.165) is 23.5 Å². The lowest BCUT2D eigenvalue weighted by atomic mass is 10.2. The highest BCUT2D eigenvalue weighted by Gasteiger charge is 2.17. The van der Waals surface area contributed by atoms with Crippen molar-refractivity contribution in [1.29, 1.82) is 0 Å². The Morgan fingerprint density at radius 2 is 2.10 bits per heavy atom. The molecule has 0 aliphatic heterocycles. The summed E-state index contributed by atoms with van der Waals surface area (Å²) in [6, 6.07) is 3.46. The molecule has 8 heteroatoms. The molecule has 0 saturated carbocycles. The van der Waals surface area contributed by atoms with E-state index in [1.54, 1.807) is 19.0 Å². The number of hydrogen-bond donors (Lipinski definition) is 2. The number of amides is 1. The van der Waals surface area contributed by atoms with Crippen LogP contribution in [0.15, 0.2) is 18.2 Å². The number of carbonyl (C=O) groups is 1. The molecule has 0 bridgehead atoms. The molecule has 2 rings (SSSR count). The van der Waals surface area contributed by atoms with E-state index in [0.29, 0.717) is 15.6 Å². The highest BCUT2D eigenvalue weighted by Crippen LogP contribution is 2.26. The molecule has 1 heterocycles. The van der Waals surface area contributed by atoms with Crippen molar-refractivity contribution in [3.63, 3.8) is 0 Å². The molecular formula is C13H14F2N4OS. The minimum Gasteiger partial charge on any atom is -0.382 e. The van der Waals surface area contributed by atoms with Gasteiger partial charge in [0, 0.05) is 20.6 Å². The van der Waals surface area contributed by atoms with Crippen LogP contribution in [0.4, 0.5) is 19.7 Å². The number of nitrogens with zero attached hydrogens (tertiary/aromatic N) is 2. The molecule has 0 radical (unpaired) electrons. The van der Waals surface area contributed by atoms with Crippen molar-refractivity contribution in [2.75, 3.05) is 24.7 Å². The molecule has 0 atom stereocenters. The molecule has 1 amide bonds. The quantitative estimate of drug-likeness (QED) is 0.906. The van der Waals surface area contributed by atoms with Crippen LogP contribution < -0.4 is 16.0 Å². The maximum absolute atomic E-state index is 13.1. The van der Waals surface area contributed by atoms with Crippen molar-refractivity contribution in [3.05, 3.63) is 40.3 Å². The van der Waals surface area contributed by atoms with Crippen molar-refractivity contribution < 1.29 is 13.6 Å². The summed E-state index contributed by atoms with van der Waals surface area (Å²) in [5.74, 6) is -2.13. The van der Waals surface area contributed by atoms with E-state index in [9.17, 15) is 13.6 Å². The van der Waals surface area contributed by atoms with Crippen LogP contribution in [0.3, 0.4) is 0 Å². The minimum atomic E-state index is -0.950. The first-order chi connectivity index (χ1) is 9.88. The summed E-state index contributed by atoms with van der Waals surface area (Å²) in [7, 11) is 3.59. The average Bonchev–Trinajstić information content (AvgIpc) is 2.82. The second-order valence-electron chi connectivity index (χ2n) is 4.54. The fourth-order valence-electron chi connectivity index (χ4n) is 1.59. The third-order valence-corrected chi connectivity index (χ3v) is 3.91. The average molecular weight is 312 g/mol. The normalized spacial score (nSPS) is 10.5. The van der Waals surface area contributed by atoms with Gasteiger partial charge in [0.2, 0.25) is 0 Å². The van der Waals surface area contributed by atoms with E-state index in [1.165, 1.54) is 6.07 Å². The third kappa shape index (κ3) is 3.46. The molecule has 0 spiro atoms. The molecule has 1 aromatic heterocycles. The first-order valence-corrected chi connectivity index (χ1v) is 6.86. The first kappa shape index (κ1) is 15.2. The van der Waals surface area contributed by atoms with E-state index in [4.69, 9.17) is 5.73 Å². The van der Waals surface area contributed by atoms with Crippen LogP contribution in [0.2, 0.25) is 0 Å². The molecule has 0 fully saturated rings. The zero-order valence-corrected chi connectivity index (χ0v) is 12.3. The van der Waals surface area contributed by atoms with Gasteiger partial charge in [0.05, 0.1) is 0 Å². The molecule has 2 aromatic rings. The Morgan fingerprint density at radius 1 is 1.38 bits per heavy atom. The highest BCUT2D eigenvalue weighted by atomic mass is 32.1. The van der Waals surface area contributed by atoms with Gasteiger partial charge < -0.3 is 16.0 Å². The first-order valence-electron chi connectivity index (χ1n) is 6.04. The predicted molar refractivity (Wildman–Crippen MR) is 78.4 cm³/mol. The fraction of sp³-hybridized carbons (Fsp3) is 0.231. The number of hydrogen-bond acceptors (Lipinski definition) is 5. The summed E-state index contributed by atoms with van der Waals surface area (Å²) in [6.45, 7) is 0.0741. The Bertz CT molecular complexity index is 672. The number of nitrogen functional groups attached to an aromatic ring is 1. The molecule has 0 unspecified atom stereocenters. The Kier molecular flexibility index (Phi) is 4.37. The lowest BCUT2D eigenvalue weighted by molar-refractivity contribution is 0.0955. The monoisotopic (exact) mass is 312 g/mol. The van der Waals surface area contributed by atoms with Gasteiger partial charge in [-0.3, -0.25) is 4.79 Å². The van der Waals surface area contributed by atoms with Gasteiger partial charge in [0.1, 0.15) is 10.7 Å². The number of aromatic nitrogens is 1. The van der Waals surface area contributed by atoms with Gasteiger partial charge in [0.25, 0.3) is 5.91 Å². The molecule has 0 saturated heterocycles. The summed E-state index contributed by atoms with van der Waals surface area (Å²) < 4.78 is 25.9. The van der Waals surface area contributed by atoms with Crippen LogP contribution in [0.1, 0.15) is 15.2 Å². The molecule has 112 valence electrons. The molecule has 0 aliphatic rings. The lowest BCUT2D eigenvalue weighted by Gasteiger charge is -2.05. The van der Waals surface area contributed by atoms with Crippen LogP contribution in [-0.2, 0) is 6.54 Å². The van der Waals surface area contributed by atoms with Crippen molar-refractivity contribution in [1.82, 2.24) is 10.3 Å². The summed E-state index contributed by atoms with van der Waals surface area (Å²) in [6.07, 6.45) is 0. The summed E-state index contributed by atoms with van der Waals surface area (Å²) in [5, 5.41) is 3.22. The van der Waals surface area contributed by atoms with Gasteiger partial charge in [-0.25, -0.2) is 13.8 Å². The Balaban J connectivity index is 2.06. The molecule has 1 aromatic carbocycles. The zero-order chi connectivity index (χ0) is 15.6. The number of benzene rings is 1. The predicted octanol–water partition coefficient (Wildman–Crippen LogP) is 2.00. The van der Waals surface area contributed by atoms with Crippen molar-refractivity contribution in [3.8, 4) is 0 Å². The van der Waals surface area contributed by atoms with Crippen molar-refractivity contribution >= 4 is 28.2 Å². The second kappa shape index (κ2) is 6.04. The number of nitrogens with two attached hydrogens (primary N) is 1. The maximum atomic E-state index is 13.1. The molecule has 3 N–H and O–H groups in total. The van der Waals surface area contributed by atoms with Gasteiger partial charge in [-0.05, 0) is 17.7 Å². The van der Waals surface area contributed by atoms with Crippen LogP contribution in [0, 0.1) is 11.6 Å². The van der Waals surface area contributed by atoms with Gasteiger partial charge in [-0.1, -0.05) is 17.4 Å². The van der Waals surface area contributed by atoms with E-state index >= 15 is 0 Å². The van der Waals surface area contributed by atoms with Gasteiger partial charge in [-0.15, -0.1) is 0 Å². The number of thiazole rings is 1. The van der Waals surface area contributed by atoms with Gasteiger partial charge >= 0.3 is 0 Å². The SMILES string of the molecule is CN(C)c1nc(N)c(C(=O)NCc2ccc(F)c(F)c2)s1. The summed E-state index contributed by atoms with van der Waals surface area (Å²) in [5.41, 5.74) is 6.15. The molecular weight excluding hydrogens is 298 g/mol. The fourth-order valence-corrected chi connectivity index (χ4v) is 2.41. The van der Waals surface area contributed by atoms with Crippen LogP contribution in [0.25, 0.3) is 0 Å². The van der Waals surface area contributed by atoms with Crippen LogP contribution >= 0.6 is 11.3 Å². The molecule has 21 heavy (non-hydrogen) atoms.